The maximum atomic E-state index is 12.3. The van der Waals surface area contributed by atoms with Gasteiger partial charge in [0.1, 0.15) is 5.69 Å². The molecule has 1 saturated heterocycles. The van der Waals surface area contributed by atoms with Gasteiger partial charge < -0.3 is 29.1 Å². The molecule has 2 N–H and O–H groups in total. The normalized spacial score (nSPS) is 19.4. The third-order valence-electron chi connectivity index (χ3n) is 8.62. The highest BCUT2D eigenvalue weighted by Gasteiger charge is 2.38. The number of nitrogens with one attached hydrogen (secondary N) is 1. The Morgan fingerprint density at radius 2 is 1.48 bits per heavy atom. The Balaban J connectivity index is 1.21. The van der Waals surface area contributed by atoms with Crippen molar-refractivity contribution in [3.63, 3.8) is 0 Å². The number of hydrogen-bond donors (Lipinski definition) is 2. The van der Waals surface area contributed by atoms with E-state index in [-0.39, 0.29) is 37.2 Å². The summed E-state index contributed by atoms with van der Waals surface area (Å²) in [6, 6.07) is 35.5. The Morgan fingerprint density at radius 3 is 2.12 bits per heavy atom. The summed E-state index contributed by atoms with van der Waals surface area (Å²) in [7, 11) is 0. The van der Waals surface area contributed by atoms with Gasteiger partial charge in [-0.05, 0) is 23.6 Å². The van der Waals surface area contributed by atoms with Crippen LogP contribution in [0.1, 0.15) is 55.4 Å². The molecule has 5 aromatic rings. The van der Waals surface area contributed by atoms with E-state index in [0.29, 0.717) is 11.0 Å². The number of esters is 1. The van der Waals surface area contributed by atoms with Crippen LogP contribution in [0.3, 0.4) is 0 Å². The average molecular weight is 693 g/mol. The van der Waals surface area contributed by atoms with E-state index in [9.17, 15) is 14.7 Å². The highest BCUT2D eigenvalue weighted by Crippen LogP contribution is 2.44. The van der Waals surface area contributed by atoms with Gasteiger partial charge in [-0.25, -0.2) is 4.98 Å². The van der Waals surface area contributed by atoms with Crippen LogP contribution in [0.15, 0.2) is 119 Å². The lowest BCUT2D eigenvalue weighted by atomic mass is 9.91. The average Bonchev–Trinajstić information content (AvgIpc) is 3.58. The largest absolute Gasteiger partial charge is 0.453 e. The standard InChI is InChI=1S/C40H40N2O7S/c1-25-34(24-50-40-42-35(30-10-6-4-7-11-30)37(49-40)31-12-8-5-9-13-31)47-39(48-36(25)32-18-16-29(23-43)17-19-32)33-20-14-28(15-21-33)22-41-38(45)26(2)46-27(3)44/h4-21,25-26,34,36,39,43H,22-24H2,1-3H3,(H,41,45). The van der Waals surface area contributed by atoms with E-state index < -0.39 is 18.4 Å². The number of aromatic nitrogens is 1. The van der Waals surface area contributed by atoms with E-state index in [2.05, 4.69) is 12.2 Å². The zero-order chi connectivity index (χ0) is 35.0. The van der Waals surface area contributed by atoms with E-state index in [0.717, 1.165) is 44.8 Å². The number of nitrogens with zero attached hydrogens (tertiary/aromatic N) is 1. The molecule has 50 heavy (non-hydrogen) atoms. The highest BCUT2D eigenvalue weighted by atomic mass is 32.2. The number of carbonyl (C=O) groups is 2. The van der Waals surface area contributed by atoms with Gasteiger partial charge in [0.05, 0.1) is 18.8 Å². The zero-order valence-electron chi connectivity index (χ0n) is 28.2. The summed E-state index contributed by atoms with van der Waals surface area (Å²) in [6.07, 6.45) is -2.04. The number of aliphatic hydroxyl groups excluding tert-OH is 1. The summed E-state index contributed by atoms with van der Waals surface area (Å²) in [5.74, 6) is 0.388. The van der Waals surface area contributed by atoms with E-state index in [4.69, 9.17) is 23.6 Å². The summed E-state index contributed by atoms with van der Waals surface area (Å²) in [5.41, 5.74) is 6.25. The van der Waals surface area contributed by atoms with E-state index in [1.807, 2.05) is 109 Å². The molecule has 5 unspecified atom stereocenters. The van der Waals surface area contributed by atoms with Gasteiger partial charge in [-0.1, -0.05) is 128 Å². The van der Waals surface area contributed by atoms with Crippen molar-refractivity contribution >= 4 is 23.6 Å². The third kappa shape index (κ3) is 8.51. The molecular weight excluding hydrogens is 653 g/mol. The third-order valence-corrected chi connectivity index (χ3v) is 9.53. The molecule has 10 heteroatoms. The molecule has 0 saturated carbocycles. The Labute approximate surface area is 296 Å². The van der Waals surface area contributed by atoms with Crippen LogP contribution >= 0.6 is 11.8 Å². The Kier molecular flexibility index (Phi) is 11.5. The molecule has 9 nitrogen and oxygen atoms in total. The van der Waals surface area contributed by atoms with Gasteiger partial charge in [0.2, 0.25) is 0 Å². The number of oxazole rings is 1. The number of benzene rings is 4. The van der Waals surface area contributed by atoms with Crippen LogP contribution in [-0.2, 0) is 37.0 Å². The molecule has 258 valence electrons. The number of thioether (sulfide) groups is 1. The van der Waals surface area contributed by atoms with E-state index >= 15 is 0 Å². The van der Waals surface area contributed by atoms with Gasteiger partial charge in [0.25, 0.3) is 11.1 Å². The molecule has 1 amide bonds. The van der Waals surface area contributed by atoms with Crippen LogP contribution in [0.25, 0.3) is 22.6 Å². The maximum Gasteiger partial charge on any atom is 0.303 e. The Morgan fingerprint density at radius 1 is 0.860 bits per heavy atom. The highest BCUT2D eigenvalue weighted by molar-refractivity contribution is 7.99. The predicted molar refractivity (Wildman–Crippen MR) is 191 cm³/mol. The molecule has 0 radical (unpaired) electrons. The van der Waals surface area contributed by atoms with Crippen LogP contribution in [0.2, 0.25) is 0 Å². The second-order valence-electron chi connectivity index (χ2n) is 12.2. The lowest BCUT2D eigenvalue weighted by molar-refractivity contribution is -0.268. The minimum absolute atomic E-state index is 0.0235. The number of ether oxygens (including phenoxy) is 3. The molecule has 1 aliphatic heterocycles. The second kappa shape index (κ2) is 16.3. The number of amides is 1. The van der Waals surface area contributed by atoms with Gasteiger partial charge in [-0.2, -0.15) is 0 Å². The van der Waals surface area contributed by atoms with Crippen molar-refractivity contribution in [2.75, 3.05) is 5.75 Å². The molecule has 2 heterocycles. The minimum Gasteiger partial charge on any atom is -0.453 e. The van der Waals surface area contributed by atoms with Crippen molar-refractivity contribution in [3.8, 4) is 22.6 Å². The van der Waals surface area contributed by atoms with E-state index in [1.54, 1.807) is 0 Å². The van der Waals surface area contributed by atoms with Crippen LogP contribution in [0.4, 0.5) is 0 Å². The fourth-order valence-corrected chi connectivity index (χ4v) is 6.82. The molecule has 6 rings (SSSR count). The molecule has 5 atom stereocenters. The van der Waals surface area contributed by atoms with Crippen LogP contribution in [0.5, 0.6) is 0 Å². The van der Waals surface area contributed by atoms with Gasteiger partial charge in [-0.15, -0.1) is 0 Å². The van der Waals surface area contributed by atoms with Crippen molar-refractivity contribution in [2.24, 2.45) is 5.92 Å². The van der Waals surface area contributed by atoms with Gasteiger partial charge in [0.15, 0.2) is 18.2 Å². The SMILES string of the molecule is CC(=O)OC(C)C(=O)NCc1ccc(C2OC(CSc3nc(-c4ccccc4)c(-c4ccccc4)o3)C(C)C(c3ccc(CO)cc3)O2)cc1. The van der Waals surface area contributed by atoms with Crippen LogP contribution in [-0.4, -0.2) is 39.9 Å². The first-order chi connectivity index (χ1) is 24.3. The lowest BCUT2D eigenvalue weighted by Gasteiger charge is -2.41. The van der Waals surface area contributed by atoms with Crippen molar-refractivity contribution < 1.29 is 33.3 Å². The monoisotopic (exact) mass is 692 g/mol. The van der Waals surface area contributed by atoms with E-state index in [1.165, 1.54) is 25.6 Å². The quantitative estimate of drug-likeness (QED) is 0.100. The van der Waals surface area contributed by atoms with Crippen molar-refractivity contribution in [2.45, 2.75) is 63.7 Å². The van der Waals surface area contributed by atoms with Crippen molar-refractivity contribution in [3.05, 3.63) is 131 Å². The van der Waals surface area contributed by atoms with Crippen molar-refractivity contribution in [1.82, 2.24) is 10.3 Å². The Bertz CT molecular complexity index is 1810. The number of aliphatic hydroxyl groups is 1. The van der Waals surface area contributed by atoms with Gasteiger partial charge in [0, 0.05) is 41.8 Å². The summed E-state index contributed by atoms with van der Waals surface area (Å²) < 4.78 is 24.6. The second-order valence-corrected chi connectivity index (χ2v) is 13.2. The first-order valence-electron chi connectivity index (χ1n) is 16.6. The summed E-state index contributed by atoms with van der Waals surface area (Å²) in [6.45, 7) is 5.17. The molecule has 0 bridgehead atoms. The van der Waals surface area contributed by atoms with Crippen LogP contribution in [0, 0.1) is 5.92 Å². The molecule has 1 fully saturated rings. The fourth-order valence-electron chi connectivity index (χ4n) is 5.83. The fraction of sp³-hybridized carbons (Fsp3) is 0.275. The molecule has 4 aromatic carbocycles. The molecule has 0 spiro atoms. The predicted octanol–water partition coefficient (Wildman–Crippen LogP) is 7.65. The van der Waals surface area contributed by atoms with Crippen molar-refractivity contribution in [1.29, 1.82) is 0 Å². The number of hydrogen-bond acceptors (Lipinski definition) is 9. The zero-order valence-corrected chi connectivity index (χ0v) is 29.0. The molecule has 0 aliphatic carbocycles. The molecular formula is C40H40N2O7S. The molecule has 1 aliphatic rings. The number of carbonyl (C=O) groups excluding carboxylic acids is 2. The summed E-state index contributed by atoms with van der Waals surface area (Å²) >= 11 is 1.51. The minimum atomic E-state index is -0.873. The first kappa shape index (κ1) is 35.1. The molecule has 1 aromatic heterocycles. The maximum absolute atomic E-state index is 12.3. The lowest BCUT2D eigenvalue weighted by Crippen LogP contribution is -2.38. The first-order valence-corrected chi connectivity index (χ1v) is 17.6. The summed E-state index contributed by atoms with van der Waals surface area (Å²) in [4.78, 5) is 28.4. The smallest absolute Gasteiger partial charge is 0.303 e. The van der Waals surface area contributed by atoms with Gasteiger partial charge in [-0.3, -0.25) is 9.59 Å². The van der Waals surface area contributed by atoms with Gasteiger partial charge >= 0.3 is 5.97 Å². The Hall–Kier alpha value is -4.74. The topological polar surface area (TPSA) is 120 Å². The number of rotatable bonds is 12. The van der Waals surface area contributed by atoms with Crippen LogP contribution < -0.4 is 5.32 Å². The summed E-state index contributed by atoms with van der Waals surface area (Å²) in [5, 5.41) is 13.0.